The number of halogens is 4. The minimum absolute atomic E-state index is 0.0964. The van der Waals surface area contributed by atoms with E-state index < -0.39 is 23.8 Å². The van der Waals surface area contributed by atoms with Gasteiger partial charge < -0.3 is 25.6 Å². The summed E-state index contributed by atoms with van der Waals surface area (Å²) >= 11 is 6.17. The topological polar surface area (TPSA) is 139 Å². The molecule has 2 heterocycles. The van der Waals surface area contributed by atoms with Gasteiger partial charge in [-0.3, -0.25) is 19.7 Å². The summed E-state index contributed by atoms with van der Waals surface area (Å²) in [7, 11) is 2.93. The van der Waals surface area contributed by atoms with E-state index in [1.54, 1.807) is 31.3 Å². The molecule has 0 unspecified atom stereocenters. The number of ether oxygens (including phenoxy) is 2. The van der Waals surface area contributed by atoms with Crippen LogP contribution >= 0.6 is 11.6 Å². The van der Waals surface area contributed by atoms with Crippen molar-refractivity contribution in [2.45, 2.75) is 25.7 Å². The van der Waals surface area contributed by atoms with E-state index in [0.29, 0.717) is 18.8 Å². The highest BCUT2D eigenvalue weighted by molar-refractivity contribution is 6.33. The second-order valence-corrected chi connectivity index (χ2v) is 9.76. The number of amides is 1. The van der Waals surface area contributed by atoms with Crippen LogP contribution in [0, 0.1) is 0 Å². The highest BCUT2D eigenvalue weighted by atomic mass is 35.5. The number of hydrogen-bond donors (Lipinski definition) is 4. The second kappa shape index (κ2) is 14.2. The number of hydrazine groups is 1. The van der Waals surface area contributed by atoms with Crippen molar-refractivity contribution in [2.24, 2.45) is 11.6 Å². The molecule has 0 atom stereocenters. The number of methoxy groups -OCH3 is 2. The summed E-state index contributed by atoms with van der Waals surface area (Å²) in [6.07, 6.45) is -0.384. The smallest absolute Gasteiger partial charge is 0.416 e. The van der Waals surface area contributed by atoms with Crippen molar-refractivity contribution < 1.29 is 32.5 Å². The van der Waals surface area contributed by atoms with Gasteiger partial charge in [0.1, 0.15) is 11.5 Å². The summed E-state index contributed by atoms with van der Waals surface area (Å²) in [6, 6.07) is 9.72. The van der Waals surface area contributed by atoms with Crippen molar-refractivity contribution >= 4 is 28.9 Å². The lowest BCUT2D eigenvalue weighted by Crippen LogP contribution is -2.49. The zero-order chi connectivity index (χ0) is 31.0. The number of carbonyl (C=O) groups excluding carboxylic acids is 1. The molecule has 1 amide bonds. The van der Waals surface area contributed by atoms with Gasteiger partial charge >= 0.3 is 6.18 Å². The van der Waals surface area contributed by atoms with Crippen molar-refractivity contribution in [3.05, 3.63) is 88.5 Å². The van der Waals surface area contributed by atoms with Crippen LogP contribution in [0.3, 0.4) is 0 Å². The van der Waals surface area contributed by atoms with Gasteiger partial charge in [0, 0.05) is 48.9 Å². The number of nitrogens with zero attached hydrogens (tertiary/aromatic N) is 3. The Bertz CT molecular complexity index is 1400. The quantitative estimate of drug-likeness (QED) is 0.217. The van der Waals surface area contributed by atoms with E-state index in [1.807, 2.05) is 12.1 Å². The number of aromatic nitrogens is 1. The maximum atomic E-state index is 13.6. The molecule has 10 nitrogen and oxygen atoms in total. The summed E-state index contributed by atoms with van der Waals surface area (Å²) in [6.45, 7) is 2.40. The predicted octanol–water partition coefficient (Wildman–Crippen LogP) is 4.39. The molecule has 1 fully saturated rings. The zero-order valence-corrected chi connectivity index (χ0v) is 23.9. The Morgan fingerprint density at radius 3 is 2.48 bits per heavy atom. The third-order valence-electron chi connectivity index (χ3n) is 5.98. The van der Waals surface area contributed by atoms with Gasteiger partial charge in [-0.25, -0.2) is 5.84 Å². The summed E-state index contributed by atoms with van der Waals surface area (Å²) in [4.78, 5) is 18.6. The largest absolute Gasteiger partial charge is 0.495 e. The molecule has 4 rings (SSSR count). The molecule has 42 heavy (non-hydrogen) atoms. The fraction of sp³-hybridized carbons (Fsp3) is 0.286. The van der Waals surface area contributed by atoms with Gasteiger partial charge in [0.05, 0.1) is 48.5 Å². The van der Waals surface area contributed by atoms with E-state index in [0.717, 1.165) is 22.9 Å². The molecule has 0 bridgehead atoms. The van der Waals surface area contributed by atoms with E-state index in [9.17, 15) is 23.1 Å². The number of allylic oxidation sites excluding steroid dienone is 1. The molecule has 3 aromatic rings. The molecule has 6 N–H and O–H groups in total. The van der Waals surface area contributed by atoms with Gasteiger partial charge in [-0.2, -0.15) is 13.2 Å². The molecule has 1 aliphatic rings. The Morgan fingerprint density at radius 1 is 1.24 bits per heavy atom. The molecule has 14 heteroatoms. The van der Waals surface area contributed by atoms with Gasteiger partial charge in [0.25, 0.3) is 5.91 Å². The number of alkyl halides is 3. The average molecular weight is 609 g/mol. The number of nitrogens with two attached hydrogens (primary N) is 2. The number of nitrogens with one attached hydrogen (secondary N) is 1. The lowest BCUT2D eigenvalue weighted by Gasteiger charge is -2.36. The number of β-amino-alcohol motifs (C(OH)–C–C–N with tert-alkyl or cyclic N) is 1. The van der Waals surface area contributed by atoms with E-state index in [2.05, 4.69) is 10.3 Å². The van der Waals surface area contributed by atoms with Crippen molar-refractivity contribution in [1.82, 2.24) is 9.88 Å². The fourth-order valence-corrected chi connectivity index (χ4v) is 4.23. The Labute approximate surface area is 246 Å². The third-order valence-corrected chi connectivity index (χ3v) is 6.30. The third kappa shape index (κ3) is 8.73. The summed E-state index contributed by atoms with van der Waals surface area (Å²) in [5.74, 6) is 6.12. The van der Waals surface area contributed by atoms with Crippen LogP contribution in [0.2, 0.25) is 5.02 Å². The lowest BCUT2D eigenvalue weighted by atomic mass is 10.0. The molecule has 1 aliphatic heterocycles. The fourth-order valence-electron chi connectivity index (χ4n) is 4.02. The zero-order valence-electron chi connectivity index (χ0n) is 23.2. The normalized spacial score (nSPS) is 13.9. The summed E-state index contributed by atoms with van der Waals surface area (Å²) in [5.41, 5.74) is 5.54. The first-order valence-corrected chi connectivity index (χ1v) is 12.9. The number of benzene rings is 2. The summed E-state index contributed by atoms with van der Waals surface area (Å²) < 4.78 is 50.9. The van der Waals surface area contributed by atoms with Crippen molar-refractivity contribution in [2.75, 3.05) is 37.6 Å². The van der Waals surface area contributed by atoms with Gasteiger partial charge in [-0.1, -0.05) is 11.6 Å². The molecule has 226 valence electrons. The number of pyridine rings is 1. The number of aliphatic hydroxyl groups excluding tert-OH is 1. The molecule has 1 aromatic heterocycles. The molecule has 2 aromatic carbocycles. The number of carbonyl (C=O) groups is 1. The van der Waals surface area contributed by atoms with E-state index >= 15 is 0 Å². The predicted molar refractivity (Wildman–Crippen MR) is 154 cm³/mol. The van der Waals surface area contributed by atoms with Crippen LogP contribution in [0.4, 0.5) is 24.5 Å². The van der Waals surface area contributed by atoms with Crippen LogP contribution < -0.4 is 31.4 Å². The minimum Gasteiger partial charge on any atom is -0.495 e. The molecular weight excluding hydrogens is 577 g/mol. The molecule has 0 spiro atoms. The van der Waals surface area contributed by atoms with Crippen LogP contribution in [0.15, 0.2) is 66.8 Å². The molecule has 0 saturated carbocycles. The lowest BCUT2D eigenvalue weighted by molar-refractivity contribution is -0.137. The molecule has 0 aliphatic carbocycles. The summed E-state index contributed by atoms with van der Waals surface area (Å²) in [5, 5.41) is 13.4. The van der Waals surface area contributed by atoms with Gasteiger partial charge in [0.2, 0.25) is 0 Å². The Hall–Kier alpha value is -4.04. The van der Waals surface area contributed by atoms with E-state index in [-0.39, 0.29) is 39.8 Å². The number of hydrogen-bond acceptors (Lipinski definition) is 9. The van der Waals surface area contributed by atoms with Gasteiger partial charge in [0.15, 0.2) is 0 Å². The molecular formula is C28H32ClF3N6O4. The van der Waals surface area contributed by atoms with Crippen LogP contribution in [0.25, 0.3) is 0 Å². The average Bonchev–Trinajstić information content (AvgIpc) is 2.92. The number of rotatable bonds is 8. The van der Waals surface area contributed by atoms with Crippen molar-refractivity contribution in [3.8, 4) is 11.5 Å². The van der Waals surface area contributed by atoms with Crippen LogP contribution in [0.1, 0.15) is 28.4 Å². The van der Waals surface area contributed by atoms with Gasteiger partial charge in [-0.15, -0.1) is 0 Å². The van der Waals surface area contributed by atoms with E-state index in [1.165, 1.54) is 31.5 Å². The van der Waals surface area contributed by atoms with Crippen molar-refractivity contribution in [3.63, 3.8) is 0 Å². The Morgan fingerprint density at radius 2 is 1.95 bits per heavy atom. The standard InChI is InChI=1S/C22H25ClF3N5O3.C6H7NO/c1-12(27)8-31(28)19-6-13(3-4-17(19)23)21(33)29-18-7-15(22(24,25)26)5-14(20(18)34-2)9-30-10-16(32)11-30;1-8-6-3-2-4-7-5-6/h3-8,16,32H,9-11,27-28H2,1-2H3,(H,29,33);2-5H,1H3/b12-8-;. The maximum absolute atomic E-state index is 13.6. The first-order valence-electron chi connectivity index (χ1n) is 12.5. The van der Waals surface area contributed by atoms with Crippen LogP contribution in [-0.2, 0) is 12.7 Å². The van der Waals surface area contributed by atoms with Crippen molar-refractivity contribution in [1.29, 1.82) is 0 Å². The first kappa shape index (κ1) is 32.5. The first-order chi connectivity index (χ1) is 19.8. The monoisotopic (exact) mass is 608 g/mol. The number of likely N-dealkylation sites (tertiary alicyclic amines) is 1. The Kier molecular flexibility index (Phi) is 11.0. The highest BCUT2D eigenvalue weighted by Crippen LogP contribution is 2.39. The van der Waals surface area contributed by atoms with Crippen LogP contribution in [-0.4, -0.2) is 54.3 Å². The van der Waals surface area contributed by atoms with Gasteiger partial charge in [-0.05, 0) is 49.4 Å². The number of aliphatic hydroxyl groups is 1. The second-order valence-electron chi connectivity index (χ2n) is 9.36. The molecule has 0 radical (unpaired) electrons. The Balaban J connectivity index is 0.000000521. The molecule has 1 saturated heterocycles. The minimum atomic E-state index is -4.64. The number of anilines is 2. The van der Waals surface area contributed by atoms with Crippen LogP contribution in [0.5, 0.6) is 11.5 Å². The highest BCUT2D eigenvalue weighted by Gasteiger charge is 2.34. The van der Waals surface area contributed by atoms with E-state index in [4.69, 9.17) is 32.7 Å². The SMILES string of the molecule is COc1c(CN2CC(O)C2)cc(C(F)(F)F)cc1NC(=O)c1ccc(Cl)c(N(N)/C=C(/C)N)c1.COc1cccnc1. The maximum Gasteiger partial charge on any atom is 0.416 e.